The maximum atomic E-state index is 12.3. The molecule has 0 fully saturated rings. The lowest BCUT2D eigenvalue weighted by Crippen LogP contribution is -2.13. The summed E-state index contributed by atoms with van der Waals surface area (Å²) in [6, 6.07) is 9.86. The second-order valence-electron chi connectivity index (χ2n) is 4.47. The molecule has 8 nitrogen and oxygen atoms in total. The molecule has 0 spiro atoms. The molecule has 0 amide bonds. The smallest absolute Gasteiger partial charge is 0.335 e. The van der Waals surface area contributed by atoms with Crippen molar-refractivity contribution in [3.05, 3.63) is 48.0 Å². The van der Waals surface area contributed by atoms with Gasteiger partial charge in [0.15, 0.2) is 0 Å². The summed E-state index contributed by atoms with van der Waals surface area (Å²) in [6.45, 7) is 0. The summed E-state index contributed by atoms with van der Waals surface area (Å²) >= 11 is 0. The van der Waals surface area contributed by atoms with Crippen molar-refractivity contribution in [1.82, 2.24) is 15.4 Å². The molecule has 22 heavy (non-hydrogen) atoms. The topological polar surface area (TPSA) is 125 Å². The van der Waals surface area contributed by atoms with Crippen LogP contribution in [0.4, 0.5) is 5.69 Å². The minimum absolute atomic E-state index is 0.00727. The Morgan fingerprint density at radius 2 is 1.86 bits per heavy atom. The van der Waals surface area contributed by atoms with E-state index < -0.39 is 16.0 Å². The second-order valence-corrected chi connectivity index (χ2v) is 6.15. The van der Waals surface area contributed by atoms with Gasteiger partial charge in [0, 0.05) is 5.69 Å². The molecule has 1 aromatic heterocycles. The molecule has 0 saturated carbocycles. The van der Waals surface area contributed by atoms with E-state index in [1.54, 1.807) is 0 Å². The lowest BCUT2D eigenvalue weighted by molar-refractivity contribution is 0.0697. The Morgan fingerprint density at radius 3 is 2.64 bits per heavy atom. The summed E-state index contributed by atoms with van der Waals surface area (Å²) in [5.74, 6) is -1.13. The van der Waals surface area contributed by atoms with Gasteiger partial charge < -0.3 is 5.11 Å². The number of hydrogen-bond donors (Lipinski definition) is 3. The maximum Gasteiger partial charge on any atom is 0.335 e. The number of carbonyl (C=O) groups is 1. The van der Waals surface area contributed by atoms with Crippen LogP contribution in [0.2, 0.25) is 0 Å². The summed E-state index contributed by atoms with van der Waals surface area (Å²) in [6.07, 6.45) is 0. The number of fused-ring (bicyclic) bond motifs is 1. The summed E-state index contributed by atoms with van der Waals surface area (Å²) in [5.41, 5.74) is 1.13. The Morgan fingerprint density at radius 1 is 1.09 bits per heavy atom. The van der Waals surface area contributed by atoms with Crippen LogP contribution >= 0.6 is 0 Å². The van der Waals surface area contributed by atoms with Gasteiger partial charge in [0.25, 0.3) is 10.0 Å². The number of aromatic nitrogens is 3. The molecule has 0 bridgehead atoms. The first kappa shape index (κ1) is 14.0. The first-order valence-electron chi connectivity index (χ1n) is 6.12. The molecule has 0 saturated heterocycles. The van der Waals surface area contributed by atoms with Gasteiger partial charge in [0.05, 0.1) is 10.5 Å². The largest absolute Gasteiger partial charge is 0.478 e. The molecule has 3 rings (SSSR count). The zero-order chi connectivity index (χ0) is 15.7. The minimum Gasteiger partial charge on any atom is -0.478 e. The van der Waals surface area contributed by atoms with E-state index in [-0.39, 0.29) is 16.1 Å². The van der Waals surface area contributed by atoms with E-state index in [1.165, 1.54) is 42.5 Å². The van der Waals surface area contributed by atoms with Crippen LogP contribution in [0.1, 0.15) is 10.4 Å². The zero-order valence-electron chi connectivity index (χ0n) is 11.0. The quantitative estimate of drug-likeness (QED) is 0.668. The van der Waals surface area contributed by atoms with Crippen molar-refractivity contribution in [2.75, 3.05) is 4.72 Å². The van der Waals surface area contributed by atoms with Gasteiger partial charge in [-0.3, -0.25) is 4.72 Å². The third-order valence-corrected chi connectivity index (χ3v) is 4.34. The highest BCUT2D eigenvalue weighted by atomic mass is 32.2. The summed E-state index contributed by atoms with van der Waals surface area (Å²) in [4.78, 5) is 10.9. The van der Waals surface area contributed by atoms with Gasteiger partial charge >= 0.3 is 5.97 Å². The fraction of sp³-hybridized carbons (Fsp3) is 0. The Bertz CT molecular complexity index is 965. The predicted octanol–water partition coefficient (Wildman–Crippen LogP) is 1.46. The van der Waals surface area contributed by atoms with E-state index in [0.29, 0.717) is 11.0 Å². The van der Waals surface area contributed by atoms with Gasteiger partial charge in [-0.2, -0.15) is 15.4 Å². The number of aromatic carboxylic acids is 1. The van der Waals surface area contributed by atoms with Gasteiger partial charge in [-0.15, -0.1) is 0 Å². The van der Waals surface area contributed by atoms with E-state index in [2.05, 4.69) is 20.1 Å². The van der Waals surface area contributed by atoms with Crippen molar-refractivity contribution in [1.29, 1.82) is 0 Å². The zero-order valence-corrected chi connectivity index (χ0v) is 11.8. The van der Waals surface area contributed by atoms with Crippen LogP contribution in [0.15, 0.2) is 47.4 Å². The minimum atomic E-state index is -3.85. The molecular weight excluding hydrogens is 308 g/mol. The van der Waals surface area contributed by atoms with Crippen molar-refractivity contribution in [3.8, 4) is 0 Å². The first-order chi connectivity index (χ1) is 10.5. The molecule has 3 N–H and O–H groups in total. The average Bonchev–Trinajstić information content (AvgIpc) is 2.94. The number of H-pyrrole nitrogens is 1. The maximum absolute atomic E-state index is 12.3. The van der Waals surface area contributed by atoms with Gasteiger partial charge in [0.2, 0.25) is 0 Å². The monoisotopic (exact) mass is 318 g/mol. The van der Waals surface area contributed by atoms with E-state index >= 15 is 0 Å². The second kappa shape index (κ2) is 5.11. The van der Waals surface area contributed by atoms with Crippen LogP contribution < -0.4 is 4.72 Å². The predicted molar refractivity (Wildman–Crippen MR) is 78.1 cm³/mol. The lowest BCUT2D eigenvalue weighted by Gasteiger charge is -2.08. The summed E-state index contributed by atoms with van der Waals surface area (Å²) in [7, 11) is -3.85. The highest BCUT2D eigenvalue weighted by Crippen LogP contribution is 2.19. The number of anilines is 1. The van der Waals surface area contributed by atoms with Crippen molar-refractivity contribution in [3.63, 3.8) is 0 Å². The van der Waals surface area contributed by atoms with E-state index in [9.17, 15) is 13.2 Å². The summed E-state index contributed by atoms with van der Waals surface area (Å²) in [5, 5.41) is 19.0. The number of carboxylic acids is 1. The van der Waals surface area contributed by atoms with Crippen molar-refractivity contribution >= 4 is 32.7 Å². The molecule has 0 aliphatic carbocycles. The van der Waals surface area contributed by atoms with Crippen LogP contribution in [-0.4, -0.2) is 34.9 Å². The van der Waals surface area contributed by atoms with Gasteiger partial charge in [-0.25, -0.2) is 13.2 Å². The number of hydrogen-bond acceptors (Lipinski definition) is 5. The van der Waals surface area contributed by atoms with Crippen molar-refractivity contribution in [2.24, 2.45) is 0 Å². The molecule has 9 heteroatoms. The molecule has 1 heterocycles. The molecule has 0 unspecified atom stereocenters. The van der Waals surface area contributed by atoms with Gasteiger partial charge in [0.1, 0.15) is 11.0 Å². The number of carboxylic acid groups (broad SMARTS) is 1. The number of nitrogens with zero attached hydrogens (tertiary/aromatic N) is 2. The lowest BCUT2D eigenvalue weighted by atomic mass is 10.2. The normalized spacial score (nSPS) is 11.5. The van der Waals surface area contributed by atoms with Crippen LogP contribution in [-0.2, 0) is 10.0 Å². The van der Waals surface area contributed by atoms with E-state index in [1.807, 2.05) is 0 Å². The van der Waals surface area contributed by atoms with Crippen molar-refractivity contribution in [2.45, 2.75) is 4.90 Å². The number of sulfonamides is 1. The van der Waals surface area contributed by atoms with Crippen LogP contribution in [0.3, 0.4) is 0 Å². The van der Waals surface area contributed by atoms with E-state index in [4.69, 9.17) is 5.11 Å². The molecule has 0 atom stereocenters. The van der Waals surface area contributed by atoms with Crippen LogP contribution in [0.5, 0.6) is 0 Å². The molecule has 0 aliphatic heterocycles. The third-order valence-electron chi connectivity index (χ3n) is 2.96. The Kier molecular flexibility index (Phi) is 3.26. The highest BCUT2D eigenvalue weighted by molar-refractivity contribution is 7.92. The number of rotatable bonds is 4. The molecule has 3 aromatic rings. The standard InChI is InChI=1S/C13H10N4O4S/c18-13(19)8-2-1-3-9(6-8)16-22(20,21)10-4-5-11-12(7-10)15-17-14-11/h1-7,16H,(H,18,19)(H,14,15,17). The molecular formula is C13H10N4O4S. The molecule has 2 aromatic carbocycles. The van der Waals surface area contributed by atoms with Gasteiger partial charge in [-0.1, -0.05) is 6.07 Å². The molecule has 112 valence electrons. The molecule has 0 aliphatic rings. The van der Waals surface area contributed by atoms with Gasteiger partial charge in [-0.05, 0) is 36.4 Å². The summed E-state index contributed by atoms with van der Waals surface area (Å²) < 4.78 is 27.0. The molecule has 0 radical (unpaired) electrons. The fourth-order valence-corrected chi connectivity index (χ4v) is 2.99. The Balaban J connectivity index is 1.96. The van der Waals surface area contributed by atoms with E-state index in [0.717, 1.165) is 0 Å². The first-order valence-corrected chi connectivity index (χ1v) is 7.61. The average molecular weight is 318 g/mol. The van der Waals surface area contributed by atoms with Crippen LogP contribution in [0, 0.1) is 0 Å². The number of nitrogens with one attached hydrogen (secondary N) is 2. The SMILES string of the molecule is O=C(O)c1cccc(NS(=O)(=O)c2ccc3n[nH]nc3c2)c1. The number of aromatic amines is 1. The fourth-order valence-electron chi connectivity index (χ4n) is 1.92. The highest BCUT2D eigenvalue weighted by Gasteiger charge is 2.16. The number of benzene rings is 2. The van der Waals surface area contributed by atoms with Crippen LogP contribution in [0.25, 0.3) is 11.0 Å². The third kappa shape index (κ3) is 2.61. The Labute approximate surface area is 124 Å². The Hall–Kier alpha value is -2.94. The van der Waals surface area contributed by atoms with Crippen molar-refractivity contribution < 1.29 is 18.3 Å².